The SMILES string of the molecule is O=C(Nc1ccc2[nH]ccc2c1)c1cc2cc(c1)OCCSc1cccc(c1)Nc1nc(ncc1Cl)N2. The number of rotatable bonds is 2. The molecule has 0 aliphatic carbocycles. The van der Waals surface area contributed by atoms with Crippen molar-refractivity contribution in [3.63, 3.8) is 0 Å². The maximum absolute atomic E-state index is 13.2. The number of thioether (sulfide) groups is 1. The van der Waals surface area contributed by atoms with Crippen molar-refractivity contribution in [1.29, 1.82) is 0 Å². The molecule has 1 aliphatic rings. The number of H-pyrrole nitrogens is 1. The maximum Gasteiger partial charge on any atom is 0.255 e. The summed E-state index contributed by atoms with van der Waals surface area (Å²) in [7, 11) is 0. The molecular formula is C27H21ClN6O2S. The van der Waals surface area contributed by atoms with Crippen LogP contribution in [0.3, 0.4) is 0 Å². The summed E-state index contributed by atoms with van der Waals surface area (Å²) in [5, 5.41) is 10.8. The lowest BCUT2D eigenvalue weighted by molar-refractivity contribution is 0.102. The fourth-order valence-electron chi connectivity index (χ4n) is 3.98. The molecule has 6 bridgehead atoms. The van der Waals surface area contributed by atoms with Crippen LogP contribution in [0, 0.1) is 0 Å². The zero-order valence-electron chi connectivity index (χ0n) is 19.4. The van der Waals surface area contributed by atoms with Crippen LogP contribution in [0.1, 0.15) is 10.4 Å². The van der Waals surface area contributed by atoms with Gasteiger partial charge in [-0.25, -0.2) is 4.98 Å². The van der Waals surface area contributed by atoms with Gasteiger partial charge in [-0.15, -0.1) is 11.8 Å². The van der Waals surface area contributed by atoms with Gasteiger partial charge in [0.25, 0.3) is 5.91 Å². The van der Waals surface area contributed by atoms with Crippen LogP contribution < -0.4 is 20.7 Å². The minimum atomic E-state index is -0.258. The third-order valence-electron chi connectivity index (χ3n) is 5.70. The summed E-state index contributed by atoms with van der Waals surface area (Å²) in [6.07, 6.45) is 3.39. The van der Waals surface area contributed by atoms with E-state index in [1.54, 1.807) is 23.9 Å². The summed E-state index contributed by atoms with van der Waals surface area (Å²) in [5.41, 5.74) is 3.62. The number of amides is 1. The van der Waals surface area contributed by atoms with Crippen molar-refractivity contribution in [2.75, 3.05) is 28.3 Å². The van der Waals surface area contributed by atoms with Crippen LogP contribution in [-0.4, -0.2) is 33.2 Å². The van der Waals surface area contributed by atoms with Crippen molar-refractivity contribution in [1.82, 2.24) is 15.0 Å². The topological polar surface area (TPSA) is 104 Å². The average molecular weight is 529 g/mol. The van der Waals surface area contributed by atoms with Gasteiger partial charge in [-0.05, 0) is 54.6 Å². The molecule has 37 heavy (non-hydrogen) atoms. The quantitative estimate of drug-likeness (QED) is 0.199. The highest BCUT2D eigenvalue weighted by Gasteiger charge is 2.14. The number of hydrogen-bond acceptors (Lipinski definition) is 7. The number of ether oxygens (including phenoxy) is 1. The van der Waals surface area contributed by atoms with Crippen LogP contribution in [-0.2, 0) is 0 Å². The third kappa shape index (κ3) is 5.32. The zero-order valence-corrected chi connectivity index (χ0v) is 21.0. The molecule has 1 amide bonds. The minimum Gasteiger partial charge on any atom is -0.493 e. The molecule has 3 heterocycles. The normalized spacial score (nSPS) is 12.9. The summed E-state index contributed by atoms with van der Waals surface area (Å²) < 4.78 is 6.03. The lowest BCUT2D eigenvalue weighted by Gasteiger charge is -2.13. The van der Waals surface area contributed by atoms with Crippen molar-refractivity contribution in [3.05, 3.63) is 89.7 Å². The van der Waals surface area contributed by atoms with Crippen LogP contribution in [0.15, 0.2) is 84.0 Å². The number of fused-ring (bicyclic) bond motifs is 7. The van der Waals surface area contributed by atoms with Gasteiger partial charge in [-0.2, -0.15) is 4.98 Å². The molecule has 0 unspecified atom stereocenters. The lowest BCUT2D eigenvalue weighted by atomic mass is 10.1. The van der Waals surface area contributed by atoms with Gasteiger partial charge in [0.2, 0.25) is 5.95 Å². The molecule has 0 radical (unpaired) electrons. The number of aromatic nitrogens is 3. The molecule has 2 aromatic heterocycles. The van der Waals surface area contributed by atoms with Crippen molar-refractivity contribution in [2.45, 2.75) is 4.90 Å². The van der Waals surface area contributed by atoms with Gasteiger partial charge in [0.05, 0.1) is 12.8 Å². The number of carbonyl (C=O) groups excluding carboxylic acids is 1. The molecule has 6 rings (SSSR count). The smallest absolute Gasteiger partial charge is 0.255 e. The standard InChI is InChI=1S/C27H21ClN6O2S/c28-23-15-30-27-33-20-11-17(26(35)32-19-4-5-24-16(10-19)6-7-29-24)12-21(13-20)36-8-9-37-22-3-1-2-18(14-22)31-25(23)34-27/h1-7,10-15,29H,8-9H2,(H,32,35)(H2,30,31,33,34). The molecule has 1 aliphatic heterocycles. The Labute approximate surface area is 221 Å². The first-order chi connectivity index (χ1) is 18.1. The second kappa shape index (κ2) is 10.0. The second-order valence-electron chi connectivity index (χ2n) is 8.34. The highest BCUT2D eigenvalue weighted by Crippen LogP contribution is 2.30. The monoisotopic (exact) mass is 528 g/mol. The van der Waals surface area contributed by atoms with Crippen LogP contribution in [0.2, 0.25) is 5.02 Å². The Morgan fingerprint density at radius 1 is 1.03 bits per heavy atom. The maximum atomic E-state index is 13.2. The third-order valence-corrected chi connectivity index (χ3v) is 6.93. The van der Waals surface area contributed by atoms with Gasteiger partial charge in [0.15, 0.2) is 5.82 Å². The molecule has 0 atom stereocenters. The summed E-state index contributed by atoms with van der Waals surface area (Å²) >= 11 is 8.03. The number of benzene rings is 3. The highest BCUT2D eigenvalue weighted by atomic mass is 35.5. The molecule has 5 aromatic rings. The number of nitrogens with zero attached hydrogens (tertiary/aromatic N) is 2. The van der Waals surface area contributed by atoms with Gasteiger partial charge >= 0.3 is 0 Å². The van der Waals surface area contributed by atoms with E-state index in [1.165, 1.54) is 6.20 Å². The van der Waals surface area contributed by atoms with E-state index in [0.717, 1.165) is 27.2 Å². The number of nitrogens with one attached hydrogen (secondary N) is 4. The lowest BCUT2D eigenvalue weighted by Crippen LogP contribution is -2.13. The molecular weight excluding hydrogens is 508 g/mol. The van der Waals surface area contributed by atoms with Gasteiger partial charge in [0, 0.05) is 56.4 Å². The van der Waals surface area contributed by atoms with E-state index in [0.29, 0.717) is 46.1 Å². The van der Waals surface area contributed by atoms with E-state index in [-0.39, 0.29) is 5.91 Å². The molecule has 0 saturated carbocycles. The summed E-state index contributed by atoms with van der Waals surface area (Å²) in [5.74, 6) is 1.84. The first-order valence-electron chi connectivity index (χ1n) is 11.5. The molecule has 8 nitrogen and oxygen atoms in total. The second-order valence-corrected chi connectivity index (χ2v) is 9.92. The fourth-order valence-corrected chi connectivity index (χ4v) is 4.91. The Morgan fingerprint density at radius 2 is 1.97 bits per heavy atom. The van der Waals surface area contributed by atoms with E-state index >= 15 is 0 Å². The van der Waals surface area contributed by atoms with Crippen LogP contribution in [0.5, 0.6) is 5.75 Å². The molecule has 0 saturated heterocycles. The van der Waals surface area contributed by atoms with Crippen LogP contribution in [0.25, 0.3) is 10.9 Å². The number of halogens is 1. The Hall–Kier alpha value is -4.21. The molecule has 4 N–H and O–H groups in total. The number of anilines is 5. The van der Waals surface area contributed by atoms with E-state index in [4.69, 9.17) is 16.3 Å². The number of carbonyl (C=O) groups is 1. The molecule has 184 valence electrons. The van der Waals surface area contributed by atoms with Gasteiger partial charge in [-0.3, -0.25) is 4.79 Å². The predicted octanol–water partition coefficient (Wildman–Crippen LogP) is 6.84. The first kappa shape index (κ1) is 23.2. The van der Waals surface area contributed by atoms with Gasteiger partial charge < -0.3 is 25.7 Å². The van der Waals surface area contributed by atoms with Crippen molar-refractivity contribution in [3.8, 4) is 5.75 Å². The molecule has 10 heteroatoms. The Balaban J connectivity index is 1.32. The Bertz CT molecular complexity index is 1620. The summed E-state index contributed by atoms with van der Waals surface area (Å²) in [4.78, 5) is 26.3. The Morgan fingerprint density at radius 3 is 2.92 bits per heavy atom. The van der Waals surface area contributed by atoms with Crippen molar-refractivity contribution in [2.24, 2.45) is 0 Å². The highest BCUT2D eigenvalue weighted by molar-refractivity contribution is 7.99. The molecule has 0 fully saturated rings. The minimum absolute atomic E-state index is 0.258. The first-order valence-corrected chi connectivity index (χ1v) is 12.9. The van der Waals surface area contributed by atoms with Crippen molar-refractivity contribution >= 4 is 69.0 Å². The summed E-state index contributed by atoms with van der Waals surface area (Å²) in [6, 6.07) is 20.9. The number of hydrogen-bond donors (Lipinski definition) is 4. The van der Waals surface area contributed by atoms with E-state index in [9.17, 15) is 4.79 Å². The number of aromatic amines is 1. The van der Waals surface area contributed by atoms with Gasteiger partial charge in [0.1, 0.15) is 10.8 Å². The van der Waals surface area contributed by atoms with Crippen LogP contribution in [0.4, 0.5) is 28.8 Å². The largest absolute Gasteiger partial charge is 0.493 e. The fraction of sp³-hybridized carbons (Fsp3) is 0.0741. The van der Waals surface area contributed by atoms with E-state index < -0.39 is 0 Å². The summed E-state index contributed by atoms with van der Waals surface area (Å²) in [6.45, 7) is 0.465. The van der Waals surface area contributed by atoms with Crippen LogP contribution >= 0.6 is 23.4 Å². The zero-order chi connectivity index (χ0) is 25.2. The van der Waals surface area contributed by atoms with Gasteiger partial charge in [-0.1, -0.05) is 17.7 Å². The predicted molar refractivity (Wildman–Crippen MR) is 149 cm³/mol. The molecule has 3 aromatic carbocycles. The van der Waals surface area contributed by atoms with E-state index in [2.05, 4.69) is 30.9 Å². The average Bonchev–Trinajstić information content (AvgIpc) is 3.36. The van der Waals surface area contributed by atoms with Crippen molar-refractivity contribution < 1.29 is 9.53 Å². The molecule has 0 spiro atoms. The Kier molecular flexibility index (Phi) is 6.30. The van der Waals surface area contributed by atoms with E-state index in [1.807, 2.05) is 60.8 Å².